The van der Waals surface area contributed by atoms with Gasteiger partial charge in [-0.3, -0.25) is 0 Å². The molecule has 11 heteroatoms. The van der Waals surface area contributed by atoms with Crippen molar-refractivity contribution in [3.63, 3.8) is 0 Å². The monoisotopic (exact) mass is 523 g/mol. The van der Waals surface area contributed by atoms with Gasteiger partial charge in [-0.25, -0.2) is 19.8 Å². The summed E-state index contributed by atoms with van der Waals surface area (Å²) in [5.74, 6) is -0.206. The molecule has 0 spiro atoms. The number of nitrogens with zero attached hydrogens (tertiary/aromatic N) is 6. The molecule has 1 aromatic carbocycles. The van der Waals surface area contributed by atoms with Crippen molar-refractivity contribution in [1.29, 1.82) is 0 Å². The van der Waals surface area contributed by atoms with Gasteiger partial charge < -0.3 is 19.7 Å². The predicted molar refractivity (Wildman–Crippen MR) is 138 cm³/mol. The van der Waals surface area contributed by atoms with Gasteiger partial charge in [-0.2, -0.15) is 9.37 Å². The van der Waals surface area contributed by atoms with Gasteiger partial charge in [-0.15, -0.1) is 0 Å². The van der Waals surface area contributed by atoms with E-state index in [2.05, 4.69) is 41.9 Å². The minimum Gasteiger partial charge on any atom is -0.471 e. The van der Waals surface area contributed by atoms with E-state index in [1.54, 1.807) is 12.1 Å². The number of hydrogen-bond donors (Lipinski definition) is 1. The SMILES string of the molecule is [C-]#[N+]c1ccc(Nc2ncnc(OC3C4COCC3CN(c3ncc(CCCC)cn3)C4)c2F)c(Cl)c1. The molecule has 2 aliphatic heterocycles. The summed E-state index contributed by atoms with van der Waals surface area (Å²) in [4.78, 5) is 22.8. The highest BCUT2D eigenvalue weighted by atomic mass is 35.5. The molecule has 9 nitrogen and oxygen atoms in total. The summed E-state index contributed by atoms with van der Waals surface area (Å²) in [6.45, 7) is 11.5. The molecule has 2 saturated heterocycles. The smallest absolute Gasteiger partial charge is 0.256 e. The van der Waals surface area contributed by atoms with E-state index in [1.807, 2.05) is 12.4 Å². The summed E-state index contributed by atoms with van der Waals surface area (Å²) in [5.41, 5.74) is 1.96. The van der Waals surface area contributed by atoms with E-state index < -0.39 is 5.82 Å². The Hall–Kier alpha value is -3.55. The van der Waals surface area contributed by atoms with Gasteiger partial charge in [0.15, 0.2) is 11.5 Å². The Balaban J connectivity index is 1.29. The third kappa shape index (κ3) is 5.58. The van der Waals surface area contributed by atoms with E-state index in [-0.39, 0.29) is 34.7 Å². The number of halogens is 2. The summed E-state index contributed by atoms with van der Waals surface area (Å²) in [6.07, 6.45) is 8.01. The zero-order chi connectivity index (χ0) is 25.8. The number of ether oxygens (including phenoxy) is 2. The number of hydrogen-bond acceptors (Lipinski definition) is 8. The van der Waals surface area contributed by atoms with Gasteiger partial charge >= 0.3 is 0 Å². The number of nitrogens with one attached hydrogen (secondary N) is 1. The zero-order valence-electron chi connectivity index (χ0n) is 20.4. The maximum atomic E-state index is 15.4. The molecule has 0 amide bonds. The molecule has 2 aliphatic rings. The van der Waals surface area contributed by atoms with E-state index >= 15 is 4.39 Å². The van der Waals surface area contributed by atoms with E-state index in [0.717, 1.165) is 24.8 Å². The van der Waals surface area contributed by atoms with Crippen LogP contribution in [0.4, 0.5) is 27.5 Å². The summed E-state index contributed by atoms with van der Waals surface area (Å²) in [7, 11) is 0. The number of anilines is 3. The highest BCUT2D eigenvalue weighted by Crippen LogP contribution is 2.35. The molecule has 3 aromatic rings. The Labute approximate surface area is 219 Å². The highest BCUT2D eigenvalue weighted by molar-refractivity contribution is 6.33. The molecule has 37 heavy (non-hydrogen) atoms. The fourth-order valence-corrected chi connectivity index (χ4v) is 4.95. The Morgan fingerprint density at radius 1 is 1.19 bits per heavy atom. The van der Waals surface area contributed by atoms with Crippen molar-refractivity contribution in [2.45, 2.75) is 32.3 Å². The normalized spacial score (nSPS) is 20.8. The molecule has 2 aromatic heterocycles. The molecule has 0 radical (unpaired) electrons. The van der Waals surface area contributed by atoms with Crippen molar-refractivity contribution in [1.82, 2.24) is 19.9 Å². The molecule has 0 aliphatic carbocycles. The molecule has 2 bridgehead atoms. The summed E-state index contributed by atoms with van der Waals surface area (Å²) in [5, 5.41) is 3.16. The topological polar surface area (TPSA) is 89.7 Å². The molecule has 1 N–H and O–H groups in total. The Morgan fingerprint density at radius 3 is 2.62 bits per heavy atom. The second kappa shape index (κ2) is 11.2. The molecular formula is C26H27ClFN7O2. The van der Waals surface area contributed by atoms with Crippen LogP contribution in [0.25, 0.3) is 4.85 Å². The van der Waals surface area contributed by atoms with Crippen molar-refractivity contribution >= 4 is 34.7 Å². The fourth-order valence-electron chi connectivity index (χ4n) is 4.73. The minimum absolute atomic E-state index is 0.00254. The van der Waals surface area contributed by atoms with Crippen molar-refractivity contribution in [2.75, 3.05) is 36.5 Å². The summed E-state index contributed by atoms with van der Waals surface area (Å²) in [6, 6.07) is 4.70. The van der Waals surface area contributed by atoms with E-state index in [0.29, 0.717) is 43.6 Å². The van der Waals surface area contributed by atoms with Gasteiger partial charge in [-0.05, 0) is 30.5 Å². The molecule has 2 unspecified atom stereocenters. The lowest BCUT2D eigenvalue weighted by molar-refractivity contribution is -0.0780. The molecule has 4 heterocycles. The second-order valence-corrected chi connectivity index (χ2v) is 9.69. The average molecular weight is 524 g/mol. The highest BCUT2D eigenvalue weighted by Gasteiger charge is 2.43. The lowest BCUT2D eigenvalue weighted by Gasteiger charge is -2.46. The maximum absolute atomic E-state index is 15.4. The predicted octanol–water partition coefficient (Wildman–Crippen LogP) is 5.23. The Bertz CT molecular complexity index is 1270. The first kappa shape index (κ1) is 25.1. The van der Waals surface area contributed by atoms with Crippen LogP contribution in [-0.4, -0.2) is 52.3 Å². The number of piperidine rings is 1. The van der Waals surface area contributed by atoms with Gasteiger partial charge in [0.1, 0.15) is 12.4 Å². The zero-order valence-corrected chi connectivity index (χ0v) is 21.2. The number of aromatic nitrogens is 4. The number of fused-ring (bicyclic) bond motifs is 2. The number of unbranched alkanes of at least 4 members (excludes halogenated alkanes) is 1. The lowest BCUT2D eigenvalue weighted by atomic mass is 9.84. The third-order valence-corrected chi connectivity index (χ3v) is 6.95. The van der Waals surface area contributed by atoms with Crippen LogP contribution < -0.4 is 15.0 Å². The van der Waals surface area contributed by atoms with Crippen molar-refractivity contribution in [3.8, 4) is 5.88 Å². The fraction of sp³-hybridized carbons (Fsp3) is 0.423. The Morgan fingerprint density at radius 2 is 1.95 bits per heavy atom. The van der Waals surface area contributed by atoms with Crippen LogP contribution in [0.3, 0.4) is 0 Å². The maximum Gasteiger partial charge on any atom is 0.256 e. The summed E-state index contributed by atoms with van der Waals surface area (Å²) >= 11 is 6.23. The standard InChI is InChI=1S/C26H27ClFN7O2/c1-3-4-5-16-9-30-26(31-10-16)35-11-17-13-36-14-18(12-35)23(17)37-25-22(28)24(32-15-33-25)34-21-7-6-19(29-2)8-20(21)27/h6-10,15,17-18,23H,3-5,11-14H2,1H3,(H,32,33,34). The second-order valence-electron chi connectivity index (χ2n) is 9.28. The van der Waals surface area contributed by atoms with Crippen LogP contribution in [0.2, 0.25) is 5.02 Å². The van der Waals surface area contributed by atoms with E-state index in [1.165, 1.54) is 12.4 Å². The first-order valence-corrected chi connectivity index (χ1v) is 12.7. The quantitative estimate of drug-likeness (QED) is 0.402. The Kier molecular flexibility index (Phi) is 7.63. The summed E-state index contributed by atoms with van der Waals surface area (Å²) < 4.78 is 27.3. The van der Waals surface area contributed by atoms with Crippen LogP contribution in [-0.2, 0) is 11.2 Å². The van der Waals surface area contributed by atoms with Gasteiger partial charge in [0.05, 0.1) is 30.5 Å². The minimum atomic E-state index is -0.708. The number of benzene rings is 1. The van der Waals surface area contributed by atoms with Crippen LogP contribution in [0.15, 0.2) is 36.9 Å². The molecular weight excluding hydrogens is 497 g/mol. The number of rotatable bonds is 8. The molecule has 2 fully saturated rings. The lowest BCUT2D eigenvalue weighted by Crippen LogP contribution is -2.58. The third-order valence-electron chi connectivity index (χ3n) is 6.64. The largest absolute Gasteiger partial charge is 0.471 e. The van der Waals surface area contributed by atoms with Crippen molar-refractivity contribution in [3.05, 3.63) is 64.7 Å². The van der Waals surface area contributed by atoms with Crippen LogP contribution >= 0.6 is 11.6 Å². The van der Waals surface area contributed by atoms with E-state index in [9.17, 15) is 0 Å². The van der Waals surface area contributed by atoms with Gasteiger partial charge in [0, 0.05) is 37.3 Å². The van der Waals surface area contributed by atoms with Gasteiger partial charge in [0.2, 0.25) is 11.8 Å². The molecule has 192 valence electrons. The van der Waals surface area contributed by atoms with Crippen LogP contribution in [0.5, 0.6) is 5.88 Å². The number of aryl methyl sites for hydroxylation is 1. The molecule has 0 saturated carbocycles. The molecule has 5 rings (SSSR count). The average Bonchev–Trinajstić information content (AvgIpc) is 2.91. The van der Waals surface area contributed by atoms with E-state index in [4.69, 9.17) is 27.6 Å². The van der Waals surface area contributed by atoms with Crippen LogP contribution in [0.1, 0.15) is 25.3 Å². The van der Waals surface area contributed by atoms with Crippen LogP contribution in [0, 0.1) is 24.2 Å². The van der Waals surface area contributed by atoms with Crippen molar-refractivity contribution < 1.29 is 13.9 Å². The van der Waals surface area contributed by atoms with Crippen molar-refractivity contribution in [2.24, 2.45) is 11.8 Å². The first-order chi connectivity index (χ1) is 18.1. The van der Waals surface area contributed by atoms with Gasteiger partial charge in [-0.1, -0.05) is 31.0 Å². The molecule has 2 atom stereocenters. The van der Waals surface area contributed by atoms with Gasteiger partial charge in [0.25, 0.3) is 5.88 Å². The first-order valence-electron chi connectivity index (χ1n) is 12.3.